The van der Waals surface area contributed by atoms with Crippen molar-refractivity contribution in [1.29, 1.82) is 0 Å². The van der Waals surface area contributed by atoms with E-state index in [1.807, 2.05) is 0 Å². The quantitative estimate of drug-likeness (QED) is 0.0863. The molecule has 0 aromatic carbocycles. The number of nitrogens with one attached hydrogen (secondary N) is 2. The molecule has 1 atom stereocenters. The fourth-order valence-electron chi connectivity index (χ4n) is 2.20. The molecule has 0 spiro atoms. The van der Waals surface area contributed by atoms with Crippen LogP contribution in [0.5, 0.6) is 0 Å². The largest absolute Gasteiger partial charge is 0.492 e. The molecule has 11 heteroatoms. The third-order valence-electron chi connectivity index (χ3n) is 3.43. The maximum Gasteiger partial charge on any atom is 0.492 e. The van der Waals surface area contributed by atoms with E-state index in [2.05, 4.69) is 15.5 Å². The summed E-state index contributed by atoms with van der Waals surface area (Å²) in [5.41, 5.74) is 10.9. The molecule has 0 aromatic heterocycles. The maximum atomic E-state index is 10.1. The second kappa shape index (κ2) is 16.0. The van der Waals surface area contributed by atoms with Crippen LogP contribution in [0.2, 0.25) is 6.04 Å². The lowest BCUT2D eigenvalue weighted by molar-refractivity contribution is 0.0165. The summed E-state index contributed by atoms with van der Waals surface area (Å²) in [7, 11) is -3.99. The molecule has 1 unspecified atom stereocenters. The van der Waals surface area contributed by atoms with Gasteiger partial charge in [0, 0.05) is 71.6 Å². The Morgan fingerprint density at radius 3 is 2.00 bits per heavy atom. The zero-order valence-corrected chi connectivity index (χ0v) is 16.1. The molecule has 0 rings (SSSR count). The van der Waals surface area contributed by atoms with Crippen molar-refractivity contribution in [2.24, 2.45) is 11.5 Å². The van der Waals surface area contributed by atoms with Crippen molar-refractivity contribution in [2.75, 3.05) is 72.1 Å². The lowest BCUT2D eigenvalue weighted by Crippen LogP contribution is -2.43. The standard InChI is InChI=1S/C14H37N5O5Si/c15-2-4-17-6-8-19(9-7-18-5-3-16)12-14(20)13-24-10-1-11-25(21,22)23/h14,17-18,20-23H,1-13,15-16H2. The first-order valence-electron chi connectivity index (χ1n) is 8.86. The van der Waals surface area contributed by atoms with Gasteiger partial charge in [-0.05, 0) is 6.42 Å². The van der Waals surface area contributed by atoms with Crippen molar-refractivity contribution in [3.05, 3.63) is 0 Å². The molecule has 0 fully saturated rings. The van der Waals surface area contributed by atoms with Gasteiger partial charge in [0.1, 0.15) is 0 Å². The van der Waals surface area contributed by atoms with Crippen molar-refractivity contribution in [3.63, 3.8) is 0 Å². The van der Waals surface area contributed by atoms with Crippen LogP contribution in [0.25, 0.3) is 0 Å². The SMILES string of the molecule is NCCNCCN(CCNCCN)CC(O)COCCC[Si](O)(O)O. The van der Waals surface area contributed by atoms with Crippen molar-refractivity contribution >= 4 is 8.80 Å². The number of nitrogens with zero attached hydrogens (tertiary/aromatic N) is 1. The highest BCUT2D eigenvalue weighted by molar-refractivity contribution is 6.56. The lowest BCUT2D eigenvalue weighted by atomic mass is 10.3. The molecule has 0 aliphatic rings. The molecule has 10 nitrogen and oxygen atoms in total. The predicted molar refractivity (Wildman–Crippen MR) is 98.9 cm³/mol. The monoisotopic (exact) mass is 383 g/mol. The molecule has 10 N–H and O–H groups in total. The third-order valence-corrected chi connectivity index (χ3v) is 4.46. The van der Waals surface area contributed by atoms with Crippen LogP contribution in [-0.4, -0.2) is 111 Å². The van der Waals surface area contributed by atoms with E-state index in [1.54, 1.807) is 0 Å². The molecule has 25 heavy (non-hydrogen) atoms. The fraction of sp³-hybridized carbons (Fsp3) is 1.00. The van der Waals surface area contributed by atoms with Crippen LogP contribution in [0, 0.1) is 0 Å². The van der Waals surface area contributed by atoms with E-state index in [0.29, 0.717) is 26.1 Å². The smallest absolute Gasteiger partial charge is 0.390 e. The first kappa shape index (κ1) is 24.8. The number of aliphatic hydroxyl groups excluding tert-OH is 1. The van der Waals surface area contributed by atoms with Crippen LogP contribution >= 0.6 is 0 Å². The predicted octanol–water partition coefficient (Wildman–Crippen LogP) is -3.93. The summed E-state index contributed by atoms with van der Waals surface area (Å²) in [6.07, 6.45) is -0.290. The third kappa shape index (κ3) is 18.4. The van der Waals surface area contributed by atoms with Crippen LogP contribution in [0.1, 0.15) is 6.42 Å². The maximum absolute atomic E-state index is 10.1. The van der Waals surface area contributed by atoms with Gasteiger partial charge in [0.15, 0.2) is 0 Å². The summed E-state index contributed by atoms with van der Waals surface area (Å²) in [5.74, 6) is 0. The van der Waals surface area contributed by atoms with Crippen LogP contribution < -0.4 is 22.1 Å². The minimum absolute atomic E-state index is 0.0607. The molecule has 0 aliphatic carbocycles. The first-order chi connectivity index (χ1) is 11.9. The van der Waals surface area contributed by atoms with Crippen molar-refractivity contribution < 1.29 is 24.2 Å². The van der Waals surface area contributed by atoms with E-state index < -0.39 is 14.9 Å². The first-order valence-corrected chi connectivity index (χ1v) is 10.9. The van der Waals surface area contributed by atoms with E-state index in [4.69, 9.17) is 30.6 Å². The molecule has 0 saturated heterocycles. The summed E-state index contributed by atoms with van der Waals surface area (Å²) in [4.78, 5) is 28.8. The Morgan fingerprint density at radius 1 is 0.960 bits per heavy atom. The second-order valence-electron chi connectivity index (χ2n) is 5.98. The normalized spacial score (nSPS) is 13.6. The molecule has 0 aliphatic heterocycles. The minimum atomic E-state index is -3.99. The van der Waals surface area contributed by atoms with Gasteiger partial charge < -0.3 is 46.3 Å². The lowest BCUT2D eigenvalue weighted by Gasteiger charge is -2.25. The zero-order valence-electron chi connectivity index (χ0n) is 15.1. The number of aliphatic hydroxyl groups is 1. The van der Waals surface area contributed by atoms with Gasteiger partial charge in [0.25, 0.3) is 0 Å². The average Bonchev–Trinajstić information content (AvgIpc) is 2.53. The molecular weight excluding hydrogens is 346 g/mol. The highest BCUT2D eigenvalue weighted by Crippen LogP contribution is 2.02. The van der Waals surface area contributed by atoms with E-state index in [-0.39, 0.29) is 19.3 Å². The summed E-state index contributed by atoms with van der Waals surface area (Å²) in [6, 6.07) is -0.0607. The Morgan fingerprint density at radius 2 is 1.52 bits per heavy atom. The number of ether oxygens (including phenoxy) is 1. The van der Waals surface area contributed by atoms with Crippen LogP contribution in [-0.2, 0) is 4.74 Å². The Kier molecular flexibility index (Phi) is 15.9. The highest BCUT2D eigenvalue weighted by atomic mass is 28.4. The van der Waals surface area contributed by atoms with E-state index in [1.165, 1.54) is 0 Å². The molecule has 0 aromatic rings. The number of hydrogen-bond donors (Lipinski definition) is 8. The minimum Gasteiger partial charge on any atom is -0.390 e. The molecule has 0 bridgehead atoms. The van der Waals surface area contributed by atoms with Crippen molar-refractivity contribution in [2.45, 2.75) is 18.6 Å². The van der Waals surface area contributed by atoms with Gasteiger partial charge in [-0.25, -0.2) is 0 Å². The van der Waals surface area contributed by atoms with Gasteiger partial charge in [-0.3, -0.25) is 4.90 Å². The van der Waals surface area contributed by atoms with E-state index in [0.717, 1.165) is 39.3 Å². The molecule has 0 amide bonds. The molecular formula is C14H37N5O5Si. The van der Waals surface area contributed by atoms with Gasteiger partial charge in [-0.2, -0.15) is 0 Å². The zero-order chi connectivity index (χ0) is 19.0. The van der Waals surface area contributed by atoms with Gasteiger partial charge in [-0.15, -0.1) is 0 Å². The van der Waals surface area contributed by atoms with Gasteiger partial charge in [0.2, 0.25) is 0 Å². The second-order valence-corrected chi connectivity index (χ2v) is 8.03. The van der Waals surface area contributed by atoms with Gasteiger partial charge in [-0.1, -0.05) is 0 Å². The van der Waals surface area contributed by atoms with Gasteiger partial charge >= 0.3 is 8.80 Å². The molecule has 0 saturated carbocycles. The number of nitrogens with two attached hydrogens (primary N) is 2. The average molecular weight is 384 g/mol. The molecule has 0 radical (unpaired) electrons. The summed E-state index contributed by atoms with van der Waals surface area (Å²) in [6.45, 7) is 6.77. The fourth-order valence-corrected chi connectivity index (χ4v) is 2.82. The van der Waals surface area contributed by atoms with Crippen molar-refractivity contribution in [3.8, 4) is 0 Å². The van der Waals surface area contributed by atoms with E-state index >= 15 is 0 Å². The number of rotatable bonds is 18. The summed E-state index contributed by atoms with van der Waals surface area (Å²) < 4.78 is 5.33. The molecule has 152 valence electrons. The number of hydrogen-bond acceptors (Lipinski definition) is 10. The van der Waals surface area contributed by atoms with Crippen LogP contribution in [0.15, 0.2) is 0 Å². The molecule has 0 heterocycles. The Hall–Kier alpha value is -0.183. The Balaban J connectivity index is 3.96. The van der Waals surface area contributed by atoms with Crippen LogP contribution in [0.3, 0.4) is 0 Å². The summed E-state index contributed by atoms with van der Waals surface area (Å²) >= 11 is 0. The van der Waals surface area contributed by atoms with Gasteiger partial charge in [0.05, 0.1) is 12.7 Å². The summed E-state index contributed by atoms with van der Waals surface area (Å²) in [5, 5.41) is 16.6. The van der Waals surface area contributed by atoms with Crippen LogP contribution in [0.4, 0.5) is 0 Å². The van der Waals surface area contributed by atoms with E-state index in [9.17, 15) is 5.11 Å². The van der Waals surface area contributed by atoms with Crippen molar-refractivity contribution in [1.82, 2.24) is 15.5 Å². The Labute approximate surface area is 151 Å². The highest BCUT2D eigenvalue weighted by Gasteiger charge is 2.25. The topological polar surface area (TPSA) is 169 Å². The Bertz CT molecular complexity index is 287.